The largest absolute Gasteiger partial charge is 0.481 e. The molecule has 5 nitrogen and oxygen atoms in total. The van der Waals surface area contributed by atoms with Crippen molar-refractivity contribution in [3.05, 3.63) is 35.9 Å². The summed E-state index contributed by atoms with van der Waals surface area (Å²) >= 11 is 0. The summed E-state index contributed by atoms with van der Waals surface area (Å²) in [7, 11) is 0. The number of carboxylic acid groups (broad SMARTS) is 1. The standard InChI is InChI=1S/C14H21NO4/c16-10-4-9-15-12(7-8-13(17)18)14(19)11-5-2-1-3-6-11/h1-3,5-6,12,14-16,19H,4,7-10H2,(H,17,18). The maximum Gasteiger partial charge on any atom is 0.303 e. The molecule has 0 aliphatic carbocycles. The Hall–Kier alpha value is -1.43. The number of benzene rings is 1. The van der Waals surface area contributed by atoms with E-state index >= 15 is 0 Å². The molecule has 0 saturated heterocycles. The van der Waals surface area contributed by atoms with Crippen LogP contribution >= 0.6 is 0 Å². The van der Waals surface area contributed by atoms with Gasteiger partial charge in [0, 0.05) is 19.1 Å². The summed E-state index contributed by atoms with van der Waals surface area (Å²) < 4.78 is 0. The molecule has 1 aromatic rings. The molecule has 1 aromatic carbocycles. The summed E-state index contributed by atoms with van der Waals surface area (Å²) in [5.41, 5.74) is 0.759. The van der Waals surface area contributed by atoms with Gasteiger partial charge in [0.2, 0.25) is 0 Å². The number of carbonyl (C=O) groups is 1. The molecular weight excluding hydrogens is 246 g/mol. The van der Waals surface area contributed by atoms with E-state index in [2.05, 4.69) is 5.32 Å². The fraction of sp³-hybridized carbons (Fsp3) is 0.500. The average Bonchev–Trinajstić information content (AvgIpc) is 2.42. The van der Waals surface area contributed by atoms with Gasteiger partial charge in [-0.1, -0.05) is 30.3 Å². The number of aliphatic hydroxyl groups is 2. The molecule has 1 rings (SSSR count). The lowest BCUT2D eigenvalue weighted by Gasteiger charge is -2.24. The second-order valence-corrected chi connectivity index (χ2v) is 4.43. The predicted molar refractivity (Wildman–Crippen MR) is 71.8 cm³/mol. The minimum Gasteiger partial charge on any atom is -0.481 e. The average molecular weight is 267 g/mol. The van der Waals surface area contributed by atoms with Crippen LogP contribution < -0.4 is 5.32 Å². The highest BCUT2D eigenvalue weighted by Gasteiger charge is 2.20. The smallest absolute Gasteiger partial charge is 0.303 e. The summed E-state index contributed by atoms with van der Waals surface area (Å²) in [6.07, 6.45) is 0.169. The Bertz CT molecular complexity index is 369. The van der Waals surface area contributed by atoms with Crippen LogP contribution in [0.25, 0.3) is 0 Å². The Labute approximate surface area is 112 Å². The lowest BCUT2D eigenvalue weighted by molar-refractivity contribution is -0.137. The summed E-state index contributed by atoms with van der Waals surface area (Å²) in [5.74, 6) is -0.880. The van der Waals surface area contributed by atoms with E-state index in [9.17, 15) is 9.90 Å². The van der Waals surface area contributed by atoms with Crippen molar-refractivity contribution in [2.75, 3.05) is 13.2 Å². The molecular formula is C14H21NO4. The Balaban J connectivity index is 2.62. The minimum atomic E-state index is -0.880. The summed E-state index contributed by atoms with van der Waals surface area (Å²) in [6, 6.07) is 8.83. The maximum absolute atomic E-state index is 10.6. The zero-order valence-corrected chi connectivity index (χ0v) is 10.8. The molecule has 0 amide bonds. The van der Waals surface area contributed by atoms with Crippen molar-refractivity contribution < 1.29 is 20.1 Å². The molecule has 2 unspecified atom stereocenters. The highest BCUT2D eigenvalue weighted by atomic mass is 16.4. The maximum atomic E-state index is 10.6. The van der Waals surface area contributed by atoms with E-state index in [1.807, 2.05) is 30.3 Å². The molecule has 0 aliphatic rings. The van der Waals surface area contributed by atoms with E-state index in [0.29, 0.717) is 19.4 Å². The number of aliphatic carboxylic acids is 1. The molecule has 5 heteroatoms. The zero-order chi connectivity index (χ0) is 14.1. The van der Waals surface area contributed by atoms with Crippen LogP contribution in [0, 0.1) is 0 Å². The molecule has 0 heterocycles. The second kappa shape index (κ2) is 8.63. The van der Waals surface area contributed by atoms with Gasteiger partial charge < -0.3 is 20.6 Å². The summed E-state index contributed by atoms with van der Waals surface area (Å²) in [5, 5.41) is 30.9. The molecule has 0 fully saturated rings. The van der Waals surface area contributed by atoms with Gasteiger partial charge in [0.25, 0.3) is 0 Å². The Morgan fingerprint density at radius 3 is 2.53 bits per heavy atom. The Kier molecular flexibility index (Phi) is 7.10. The summed E-state index contributed by atoms with van der Waals surface area (Å²) in [4.78, 5) is 10.6. The predicted octanol–water partition coefficient (Wildman–Crippen LogP) is 0.925. The van der Waals surface area contributed by atoms with Crippen LogP contribution in [0.5, 0.6) is 0 Å². The first kappa shape index (κ1) is 15.6. The normalized spacial score (nSPS) is 14.0. The highest BCUT2D eigenvalue weighted by molar-refractivity contribution is 5.66. The van der Waals surface area contributed by atoms with E-state index in [0.717, 1.165) is 5.56 Å². The van der Waals surface area contributed by atoms with Crippen LogP contribution in [0.2, 0.25) is 0 Å². The number of rotatable bonds is 9. The van der Waals surface area contributed by atoms with Gasteiger partial charge in [-0.25, -0.2) is 0 Å². The SMILES string of the molecule is O=C(O)CCC(NCCCO)C(O)c1ccccc1. The van der Waals surface area contributed by atoms with Crippen molar-refractivity contribution in [3.63, 3.8) is 0 Å². The lowest BCUT2D eigenvalue weighted by atomic mass is 9.98. The first-order chi connectivity index (χ1) is 9.15. The van der Waals surface area contributed by atoms with Gasteiger partial charge in [-0.3, -0.25) is 4.79 Å². The highest BCUT2D eigenvalue weighted by Crippen LogP contribution is 2.19. The third-order valence-corrected chi connectivity index (χ3v) is 2.93. The number of carboxylic acids is 1. The van der Waals surface area contributed by atoms with Crippen molar-refractivity contribution in [2.24, 2.45) is 0 Å². The molecule has 0 saturated carbocycles. The number of nitrogens with one attached hydrogen (secondary N) is 1. The third-order valence-electron chi connectivity index (χ3n) is 2.93. The molecule has 0 aliphatic heterocycles. The molecule has 106 valence electrons. The van der Waals surface area contributed by atoms with E-state index in [1.54, 1.807) is 0 Å². The van der Waals surface area contributed by atoms with Gasteiger partial charge in [-0.05, 0) is 24.9 Å². The second-order valence-electron chi connectivity index (χ2n) is 4.43. The molecule has 0 bridgehead atoms. The van der Waals surface area contributed by atoms with E-state index in [4.69, 9.17) is 10.2 Å². The van der Waals surface area contributed by atoms with Crippen LogP contribution in [0.15, 0.2) is 30.3 Å². The van der Waals surface area contributed by atoms with Crippen molar-refractivity contribution in [3.8, 4) is 0 Å². The van der Waals surface area contributed by atoms with E-state index in [1.165, 1.54) is 0 Å². The fourth-order valence-corrected chi connectivity index (χ4v) is 1.90. The number of hydrogen-bond acceptors (Lipinski definition) is 4. The van der Waals surface area contributed by atoms with Crippen LogP contribution in [-0.4, -0.2) is 40.5 Å². The Morgan fingerprint density at radius 2 is 1.95 bits per heavy atom. The first-order valence-corrected chi connectivity index (χ1v) is 6.44. The topological polar surface area (TPSA) is 89.8 Å². The molecule has 19 heavy (non-hydrogen) atoms. The van der Waals surface area contributed by atoms with Crippen LogP contribution in [0.1, 0.15) is 30.9 Å². The van der Waals surface area contributed by atoms with Gasteiger partial charge in [0.15, 0.2) is 0 Å². The molecule has 0 spiro atoms. The van der Waals surface area contributed by atoms with Gasteiger partial charge in [-0.2, -0.15) is 0 Å². The minimum absolute atomic E-state index is 0.000680. The molecule has 4 N–H and O–H groups in total. The van der Waals surface area contributed by atoms with Crippen molar-refractivity contribution in [1.82, 2.24) is 5.32 Å². The zero-order valence-electron chi connectivity index (χ0n) is 10.8. The van der Waals surface area contributed by atoms with E-state index in [-0.39, 0.29) is 19.1 Å². The van der Waals surface area contributed by atoms with Gasteiger partial charge in [0.1, 0.15) is 0 Å². The van der Waals surface area contributed by atoms with Crippen molar-refractivity contribution >= 4 is 5.97 Å². The van der Waals surface area contributed by atoms with Crippen LogP contribution in [0.4, 0.5) is 0 Å². The monoisotopic (exact) mass is 267 g/mol. The quantitative estimate of drug-likeness (QED) is 0.500. The Morgan fingerprint density at radius 1 is 1.26 bits per heavy atom. The van der Waals surface area contributed by atoms with Gasteiger partial charge in [-0.15, -0.1) is 0 Å². The summed E-state index contributed by atoms with van der Waals surface area (Å²) in [6.45, 7) is 0.616. The first-order valence-electron chi connectivity index (χ1n) is 6.44. The van der Waals surface area contributed by atoms with Gasteiger partial charge in [0.05, 0.1) is 6.10 Å². The third kappa shape index (κ3) is 5.83. The van der Waals surface area contributed by atoms with Gasteiger partial charge >= 0.3 is 5.97 Å². The van der Waals surface area contributed by atoms with Crippen LogP contribution in [-0.2, 0) is 4.79 Å². The number of aliphatic hydroxyl groups excluding tert-OH is 2. The fourth-order valence-electron chi connectivity index (χ4n) is 1.90. The lowest BCUT2D eigenvalue weighted by Crippen LogP contribution is -2.36. The van der Waals surface area contributed by atoms with E-state index < -0.39 is 12.1 Å². The molecule has 0 radical (unpaired) electrons. The molecule has 2 atom stereocenters. The number of hydrogen-bond donors (Lipinski definition) is 4. The van der Waals surface area contributed by atoms with Crippen molar-refractivity contribution in [2.45, 2.75) is 31.4 Å². The van der Waals surface area contributed by atoms with Crippen molar-refractivity contribution in [1.29, 1.82) is 0 Å². The molecule has 0 aromatic heterocycles. The van der Waals surface area contributed by atoms with Crippen LogP contribution in [0.3, 0.4) is 0 Å².